The number of nitrogens with zero attached hydrogens (tertiary/aromatic N) is 2. The number of nitrogens with two attached hydrogens (primary N) is 1. The molecular weight excluding hydrogens is 230 g/mol. The first-order valence-corrected chi connectivity index (χ1v) is 7.07. The summed E-state index contributed by atoms with van der Waals surface area (Å²) in [5.74, 6) is 0.192. The fourth-order valence-corrected chi connectivity index (χ4v) is 2.69. The highest BCUT2D eigenvalue weighted by atomic mass is 16.5. The van der Waals surface area contributed by atoms with Crippen molar-refractivity contribution in [1.29, 1.82) is 0 Å². The van der Waals surface area contributed by atoms with E-state index in [1.807, 2.05) is 11.8 Å². The fourth-order valence-electron chi connectivity index (χ4n) is 2.69. The predicted octanol–water partition coefficient (Wildman–Crippen LogP) is 0.0469. The van der Waals surface area contributed by atoms with Crippen LogP contribution in [0.15, 0.2) is 0 Å². The van der Waals surface area contributed by atoms with Gasteiger partial charge in [-0.1, -0.05) is 0 Å². The van der Waals surface area contributed by atoms with Crippen LogP contribution in [-0.2, 0) is 9.53 Å². The summed E-state index contributed by atoms with van der Waals surface area (Å²) in [4.78, 5) is 16.6. The number of carbonyl (C=O) groups excluding carboxylic acids is 1. The normalized spacial score (nSPS) is 29.8. The van der Waals surface area contributed by atoms with Crippen LogP contribution in [-0.4, -0.2) is 67.2 Å². The molecule has 2 fully saturated rings. The molecule has 5 nitrogen and oxygen atoms in total. The minimum Gasteiger partial charge on any atom is -0.365 e. The van der Waals surface area contributed by atoms with Crippen LogP contribution in [0.5, 0.6) is 0 Å². The monoisotopic (exact) mass is 255 g/mol. The van der Waals surface area contributed by atoms with E-state index in [9.17, 15) is 4.79 Å². The Labute approximate surface area is 109 Å². The third-order valence-corrected chi connectivity index (χ3v) is 3.87. The van der Waals surface area contributed by atoms with E-state index in [0.717, 1.165) is 58.5 Å². The van der Waals surface area contributed by atoms with E-state index >= 15 is 0 Å². The van der Waals surface area contributed by atoms with E-state index < -0.39 is 0 Å². The fraction of sp³-hybridized carbons (Fsp3) is 0.923. The number of carbonyl (C=O) groups is 1. The summed E-state index contributed by atoms with van der Waals surface area (Å²) < 4.78 is 5.65. The van der Waals surface area contributed by atoms with Crippen molar-refractivity contribution in [2.45, 2.75) is 38.4 Å². The smallest absolute Gasteiger partial charge is 0.251 e. The maximum absolute atomic E-state index is 12.2. The van der Waals surface area contributed by atoms with Gasteiger partial charge in [0, 0.05) is 26.2 Å². The highest BCUT2D eigenvalue weighted by molar-refractivity contribution is 5.81. The zero-order chi connectivity index (χ0) is 13.0. The number of ether oxygens (including phenoxy) is 1. The lowest BCUT2D eigenvalue weighted by molar-refractivity contribution is -0.144. The molecule has 0 aromatic carbocycles. The molecule has 1 amide bonds. The lowest BCUT2D eigenvalue weighted by atomic mass is 10.1. The average Bonchev–Trinajstić information content (AvgIpc) is 2.83. The Kier molecular flexibility index (Phi) is 4.97. The molecule has 0 radical (unpaired) electrons. The quantitative estimate of drug-likeness (QED) is 0.771. The summed E-state index contributed by atoms with van der Waals surface area (Å²) in [6, 6.07) is 0. The number of hydrogen-bond donors (Lipinski definition) is 1. The molecular formula is C13H25N3O2. The maximum Gasteiger partial charge on any atom is 0.251 e. The van der Waals surface area contributed by atoms with Crippen molar-refractivity contribution in [3.63, 3.8) is 0 Å². The number of amides is 1. The molecule has 2 aliphatic heterocycles. The largest absolute Gasteiger partial charge is 0.365 e. The summed E-state index contributed by atoms with van der Waals surface area (Å²) in [5.41, 5.74) is 5.51. The molecule has 0 aliphatic carbocycles. The van der Waals surface area contributed by atoms with Crippen molar-refractivity contribution in [3.05, 3.63) is 0 Å². The molecule has 0 aromatic heterocycles. The van der Waals surface area contributed by atoms with Crippen molar-refractivity contribution in [1.82, 2.24) is 9.80 Å². The van der Waals surface area contributed by atoms with Crippen molar-refractivity contribution < 1.29 is 9.53 Å². The van der Waals surface area contributed by atoms with Gasteiger partial charge in [-0.05, 0) is 39.3 Å². The van der Waals surface area contributed by atoms with E-state index in [1.165, 1.54) is 0 Å². The van der Waals surface area contributed by atoms with Gasteiger partial charge in [0.25, 0.3) is 5.91 Å². The first kappa shape index (κ1) is 13.8. The van der Waals surface area contributed by atoms with Crippen LogP contribution in [0.4, 0.5) is 0 Å². The van der Waals surface area contributed by atoms with Crippen LogP contribution in [0.1, 0.15) is 26.2 Å². The third kappa shape index (κ3) is 3.43. The van der Waals surface area contributed by atoms with Crippen molar-refractivity contribution in [3.8, 4) is 0 Å². The van der Waals surface area contributed by atoms with Gasteiger partial charge in [0.2, 0.25) is 0 Å². The van der Waals surface area contributed by atoms with Gasteiger partial charge < -0.3 is 15.4 Å². The van der Waals surface area contributed by atoms with Gasteiger partial charge in [0.05, 0.1) is 6.10 Å². The summed E-state index contributed by atoms with van der Waals surface area (Å²) >= 11 is 0. The van der Waals surface area contributed by atoms with E-state index in [4.69, 9.17) is 10.5 Å². The van der Waals surface area contributed by atoms with Crippen molar-refractivity contribution in [2.24, 2.45) is 5.73 Å². The predicted molar refractivity (Wildman–Crippen MR) is 70.3 cm³/mol. The van der Waals surface area contributed by atoms with Crippen molar-refractivity contribution >= 4 is 5.91 Å². The van der Waals surface area contributed by atoms with Gasteiger partial charge in [0.1, 0.15) is 6.10 Å². The Bertz CT molecular complexity index is 277. The first-order valence-electron chi connectivity index (χ1n) is 7.07. The highest BCUT2D eigenvalue weighted by Crippen LogP contribution is 2.21. The van der Waals surface area contributed by atoms with Crippen LogP contribution >= 0.6 is 0 Å². The van der Waals surface area contributed by atoms with E-state index in [2.05, 4.69) is 4.90 Å². The lowest BCUT2D eigenvalue weighted by Crippen LogP contribution is -2.51. The number of hydrogen-bond acceptors (Lipinski definition) is 4. The number of rotatable bonds is 4. The summed E-state index contributed by atoms with van der Waals surface area (Å²) in [7, 11) is 0. The van der Waals surface area contributed by atoms with Crippen LogP contribution in [0, 0.1) is 0 Å². The second kappa shape index (κ2) is 6.50. The van der Waals surface area contributed by atoms with Crippen molar-refractivity contribution in [2.75, 3.05) is 39.3 Å². The van der Waals surface area contributed by atoms with E-state index in [0.29, 0.717) is 0 Å². The molecule has 18 heavy (non-hydrogen) atoms. The molecule has 2 rings (SSSR count). The molecule has 2 saturated heterocycles. The molecule has 104 valence electrons. The molecule has 0 spiro atoms. The summed E-state index contributed by atoms with van der Waals surface area (Å²) in [6.45, 7) is 7.43. The zero-order valence-corrected chi connectivity index (χ0v) is 11.3. The van der Waals surface area contributed by atoms with Crippen LogP contribution in [0.25, 0.3) is 0 Å². The molecule has 0 saturated carbocycles. The molecule has 5 heteroatoms. The van der Waals surface area contributed by atoms with Gasteiger partial charge >= 0.3 is 0 Å². The van der Waals surface area contributed by atoms with Crippen LogP contribution in [0.3, 0.4) is 0 Å². The minimum atomic E-state index is -0.185. The Balaban J connectivity index is 1.73. The third-order valence-electron chi connectivity index (χ3n) is 3.87. The standard InChI is InChI=1S/C13H25N3O2/c1-11-3-4-12(18-11)13(17)16-9-7-15(8-10-16)6-2-5-14/h11-12H,2-10,14H2,1H3. The topological polar surface area (TPSA) is 58.8 Å². The molecule has 0 aromatic rings. The highest BCUT2D eigenvalue weighted by Gasteiger charge is 2.32. The Morgan fingerprint density at radius 2 is 2.00 bits per heavy atom. The molecule has 0 bridgehead atoms. The Morgan fingerprint density at radius 1 is 1.28 bits per heavy atom. The molecule has 2 heterocycles. The average molecular weight is 255 g/mol. The Morgan fingerprint density at radius 3 is 2.56 bits per heavy atom. The first-order chi connectivity index (χ1) is 8.70. The van der Waals surface area contributed by atoms with E-state index in [-0.39, 0.29) is 18.1 Å². The summed E-state index contributed by atoms with van der Waals surface area (Å²) in [6.07, 6.45) is 2.98. The number of piperazine rings is 1. The van der Waals surface area contributed by atoms with Gasteiger partial charge in [0.15, 0.2) is 0 Å². The van der Waals surface area contributed by atoms with Crippen LogP contribution < -0.4 is 5.73 Å². The minimum absolute atomic E-state index is 0.185. The van der Waals surface area contributed by atoms with Gasteiger partial charge in [-0.3, -0.25) is 9.69 Å². The molecule has 2 aliphatic rings. The van der Waals surface area contributed by atoms with Gasteiger partial charge in [-0.25, -0.2) is 0 Å². The van der Waals surface area contributed by atoms with E-state index in [1.54, 1.807) is 0 Å². The second-order valence-electron chi connectivity index (χ2n) is 5.32. The summed E-state index contributed by atoms with van der Waals surface area (Å²) in [5, 5.41) is 0. The molecule has 2 atom stereocenters. The van der Waals surface area contributed by atoms with Gasteiger partial charge in [-0.15, -0.1) is 0 Å². The second-order valence-corrected chi connectivity index (χ2v) is 5.32. The van der Waals surface area contributed by atoms with Crippen LogP contribution in [0.2, 0.25) is 0 Å². The zero-order valence-electron chi connectivity index (χ0n) is 11.3. The molecule has 2 N–H and O–H groups in total. The SMILES string of the molecule is CC1CCC(C(=O)N2CCN(CCCN)CC2)O1. The maximum atomic E-state index is 12.2. The van der Waals surface area contributed by atoms with Gasteiger partial charge in [-0.2, -0.15) is 0 Å². The lowest BCUT2D eigenvalue weighted by Gasteiger charge is -2.35. The Hall–Kier alpha value is -0.650. The molecule has 2 unspecified atom stereocenters.